The largest absolute Gasteiger partial charge is 0.352 e. The zero-order valence-electron chi connectivity index (χ0n) is 16.4. The maximum atomic E-state index is 12.0. The van der Waals surface area contributed by atoms with Gasteiger partial charge in [0.1, 0.15) is 0 Å². The van der Waals surface area contributed by atoms with E-state index in [-0.39, 0.29) is 23.6 Å². The van der Waals surface area contributed by atoms with Crippen molar-refractivity contribution < 1.29 is 14.4 Å². The van der Waals surface area contributed by atoms with E-state index in [1.54, 1.807) is 12.1 Å². The zero-order valence-corrected chi connectivity index (χ0v) is 16.4. The average Bonchev–Trinajstić information content (AvgIpc) is 2.69. The summed E-state index contributed by atoms with van der Waals surface area (Å²) in [5, 5.41) is 8.64. The Kier molecular flexibility index (Phi) is 7.39. The van der Waals surface area contributed by atoms with Crippen molar-refractivity contribution in [2.24, 2.45) is 5.92 Å². The van der Waals surface area contributed by atoms with Gasteiger partial charge in [-0.2, -0.15) is 0 Å². The highest BCUT2D eigenvalue weighted by Gasteiger charge is 2.25. The van der Waals surface area contributed by atoms with Crippen molar-refractivity contribution in [1.82, 2.24) is 10.6 Å². The molecule has 1 aliphatic carbocycles. The van der Waals surface area contributed by atoms with Gasteiger partial charge in [-0.25, -0.2) is 0 Å². The first-order valence-electron chi connectivity index (χ1n) is 10.1. The van der Waals surface area contributed by atoms with Gasteiger partial charge in [-0.05, 0) is 49.1 Å². The molecule has 2 aromatic rings. The number of anilines is 1. The first kappa shape index (κ1) is 20.6. The molecule has 0 spiro atoms. The first-order chi connectivity index (χ1) is 14.1. The van der Waals surface area contributed by atoms with Crippen LogP contribution in [0, 0.1) is 5.92 Å². The third-order valence-electron chi connectivity index (χ3n) is 5.06. The summed E-state index contributed by atoms with van der Waals surface area (Å²) in [6.07, 6.45) is 3.97. The predicted octanol–water partition coefficient (Wildman–Crippen LogP) is 3.25. The minimum atomic E-state index is -0.133. The Balaban J connectivity index is 1.34. The maximum Gasteiger partial charge on any atom is 0.251 e. The van der Waals surface area contributed by atoms with E-state index in [9.17, 15) is 14.4 Å². The van der Waals surface area contributed by atoms with Crippen molar-refractivity contribution >= 4 is 23.4 Å². The number of hydrogen-bond donors (Lipinski definition) is 3. The van der Waals surface area contributed by atoms with Crippen LogP contribution in [0.2, 0.25) is 0 Å². The Morgan fingerprint density at radius 1 is 0.931 bits per heavy atom. The minimum absolute atomic E-state index is 0.0668. The van der Waals surface area contributed by atoms with Crippen molar-refractivity contribution in [2.75, 3.05) is 11.9 Å². The molecule has 0 radical (unpaired) electrons. The molecular formula is C23H27N3O3. The van der Waals surface area contributed by atoms with Gasteiger partial charge in [-0.3, -0.25) is 14.4 Å². The van der Waals surface area contributed by atoms with Gasteiger partial charge < -0.3 is 16.0 Å². The van der Waals surface area contributed by atoms with E-state index in [4.69, 9.17) is 0 Å². The number of carbonyl (C=O) groups excluding carboxylic acids is 3. The highest BCUT2D eigenvalue weighted by Crippen LogP contribution is 2.27. The topological polar surface area (TPSA) is 87.3 Å². The molecule has 0 atom stereocenters. The van der Waals surface area contributed by atoms with Crippen molar-refractivity contribution in [2.45, 2.75) is 38.6 Å². The number of amides is 3. The molecule has 152 valence electrons. The van der Waals surface area contributed by atoms with Gasteiger partial charge >= 0.3 is 0 Å². The fourth-order valence-corrected chi connectivity index (χ4v) is 3.11. The highest BCUT2D eigenvalue weighted by molar-refractivity contribution is 5.94. The van der Waals surface area contributed by atoms with Gasteiger partial charge in [0, 0.05) is 36.7 Å². The minimum Gasteiger partial charge on any atom is -0.352 e. The lowest BCUT2D eigenvalue weighted by molar-refractivity contribution is -0.122. The predicted molar refractivity (Wildman–Crippen MR) is 112 cm³/mol. The Bertz CT molecular complexity index is 847. The molecule has 0 saturated heterocycles. The summed E-state index contributed by atoms with van der Waals surface area (Å²) in [5.41, 5.74) is 2.31. The molecule has 1 aliphatic rings. The molecule has 6 heteroatoms. The first-order valence-corrected chi connectivity index (χ1v) is 10.1. The summed E-state index contributed by atoms with van der Waals surface area (Å²) in [4.78, 5) is 36.0. The number of nitrogens with one attached hydrogen (secondary N) is 3. The molecule has 0 heterocycles. The van der Waals surface area contributed by atoms with E-state index in [2.05, 4.69) is 16.0 Å². The second kappa shape index (κ2) is 10.4. The van der Waals surface area contributed by atoms with Gasteiger partial charge in [0.25, 0.3) is 5.91 Å². The van der Waals surface area contributed by atoms with Crippen LogP contribution >= 0.6 is 0 Å². The Morgan fingerprint density at radius 2 is 1.72 bits per heavy atom. The number of carbonyl (C=O) groups is 3. The van der Waals surface area contributed by atoms with Crippen LogP contribution in [0.3, 0.4) is 0 Å². The van der Waals surface area contributed by atoms with E-state index in [0.29, 0.717) is 31.5 Å². The summed E-state index contributed by atoms with van der Waals surface area (Å²) in [5.74, 6) is 0.0189. The molecule has 29 heavy (non-hydrogen) atoms. The van der Waals surface area contributed by atoms with Gasteiger partial charge in [0.2, 0.25) is 11.8 Å². The second-order valence-corrected chi connectivity index (χ2v) is 7.32. The second-order valence-electron chi connectivity index (χ2n) is 7.32. The van der Waals surface area contributed by atoms with Gasteiger partial charge in [-0.15, -0.1) is 0 Å². The van der Waals surface area contributed by atoms with Crippen LogP contribution in [-0.2, 0) is 16.1 Å². The summed E-state index contributed by atoms with van der Waals surface area (Å²) in [7, 11) is 0. The Labute approximate surface area is 171 Å². The molecule has 3 amide bonds. The number of rotatable bonds is 9. The molecule has 2 aromatic carbocycles. The van der Waals surface area contributed by atoms with Gasteiger partial charge in [0.05, 0.1) is 0 Å². The van der Waals surface area contributed by atoms with E-state index in [0.717, 1.165) is 30.5 Å². The molecule has 6 nitrogen and oxygen atoms in total. The smallest absolute Gasteiger partial charge is 0.251 e. The molecule has 0 aromatic heterocycles. The van der Waals surface area contributed by atoms with E-state index in [1.165, 1.54) is 0 Å². The lowest BCUT2D eigenvalue weighted by atomic mass is 9.85. The molecule has 3 rings (SSSR count). The maximum absolute atomic E-state index is 12.0. The standard InChI is InChI=1S/C23H27N3O3/c27-21(13-6-14-24-22(28)18-8-2-1-3-9-18)25-16-17-7-4-12-20(15-17)26-23(29)19-10-5-11-19/h1-4,7-9,12,15,19H,5-6,10-11,13-14,16H2,(H,24,28)(H,25,27)(H,26,29). The lowest BCUT2D eigenvalue weighted by Crippen LogP contribution is -2.28. The van der Waals surface area contributed by atoms with E-state index in [1.807, 2.05) is 42.5 Å². The monoisotopic (exact) mass is 393 g/mol. The van der Waals surface area contributed by atoms with E-state index >= 15 is 0 Å². The van der Waals surface area contributed by atoms with Crippen LogP contribution in [0.4, 0.5) is 5.69 Å². The molecule has 0 bridgehead atoms. The van der Waals surface area contributed by atoms with Crippen LogP contribution in [-0.4, -0.2) is 24.3 Å². The Morgan fingerprint density at radius 3 is 2.45 bits per heavy atom. The van der Waals surface area contributed by atoms with Crippen molar-refractivity contribution in [3.8, 4) is 0 Å². The molecule has 1 fully saturated rings. The van der Waals surface area contributed by atoms with Crippen LogP contribution in [0.1, 0.15) is 48.0 Å². The quantitative estimate of drug-likeness (QED) is 0.572. The summed E-state index contributed by atoms with van der Waals surface area (Å²) < 4.78 is 0. The van der Waals surface area contributed by atoms with Crippen molar-refractivity contribution in [3.63, 3.8) is 0 Å². The van der Waals surface area contributed by atoms with Crippen LogP contribution in [0.5, 0.6) is 0 Å². The average molecular weight is 393 g/mol. The molecular weight excluding hydrogens is 366 g/mol. The van der Waals surface area contributed by atoms with Crippen LogP contribution in [0.15, 0.2) is 54.6 Å². The third-order valence-corrected chi connectivity index (χ3v) is 5.06. The molecule has 1 saturated carbocycles. The number of hydrogen-bond acceptors (Lipinski definition) is 3. The summed E-state index contributed by atoms with van der Waals surface area (Å²) >= 11 is 0. The van der Waals surface area contributed by atoms with Crippen molar-refractivity contribution in [3.05, 3.63) is 65.7 Å². The number of benzene rings is 2. The van der Waals surface area contributed by atoms with Gasteiger partial charge in [-0.1, -0.05) is 36.8 Å². The summed E-state index contributed by atoms with van der Waals surface area (Å²) in [6, 6.07) is 16.5. The molecule has 0 unspecified atom stereocenters. The fourth-order valence-electron chi connectivity index (χ4n) is 3.11. The van der Waals surface area contributed by atoms with Gasteiger partial charge in [0.15, 0.2) is 0 Å². The zero-order chi connectivity index (χ0) is 20.5. The van der Waals surface area contributed by atoms with E-state index < -0.39 is 0 Å². The molecule has 0 aliphatic heterocycles. The lowest BCUT2D eigenvalue weighted by Gasteiger charge is -2.24. The Hall–Kier alpha value is -3.15. The van der Waals surface area contributed by atoms with Crippen molar-refractivity contribution in [1.29, 1.82) is 0 Å². The fraction of sp³-hybridized carbons (Fsp3) is 0.348. The van der Waals surface area contributed by atoms with Crippen LogP contribution in [0.25, 0.3) is 0 Å². The molecule has 3 N–H and O–H groups in total. The third kappa shape index (κ3) is 6.45. The SMILES string of the molecule is O=C(CCCNC(=O)c1ccccc1)NCc1cccc(NC(=O)C2CCC2)c1. The van der Waals surface area contributed by atoms with Crippen LogP contribution < -0.4 is 16.0 Å². The summed E-state index contributed by atoms with van der Waals surface area (Å²) in [6.45, 7) is 0.853. The normalized spacial score (nSPS) is 13.2. The highest BCUT2D eigenvalue weighted by atomic mass is 16.2.